The van der Waals surface area contributed by atoms with Crippen LogP contribution in [0, 0.1) is 5.41 Å². The fourth-order valence-corrected chi connectivity index (χ4v) is 4.95. The van der Waals surface area contributed by atoms with Crippen LogP contribution in [-0.4, -0.2) is 77.4 Å². The summed E-state index contributed by atoms with van der Waals surface area (Å²) in [6, 6.07) is -0.529. The summed E-state index contributed by atoms with van der Waals surface area (Å²) in [5.41, 5.74) is 1.76. The summed E-state index contributed by atoms with van der Waals surface area (Å²) in [5, 5.41) is 3.15. The van der Waals surface area contributed by atoms with E-state index in [1.165, 1.54) is 12.8 Å². The van der Waals surface area contributed by atoms with Gasteiger partial charge in [-0.15, -0.1) is 0 Å². The van der Waals surface area contributed by atoms with E-state index in [1.807, 2.05) is 34.7 Å². The average Bonchev–Trinajstić information content (AvgIpc) is 3.29. The molecular formula is C27H48N4O2. The summed E-state index contributed by atoms with van der Waals surface area (Å²) < 4.78 is 0. The maximum Gasteiger partial charge on any atom is 0.245 e. The fourth-order valence-electron chi connectivity index (χ4n) is 4.95. The van der Waals surface area contributed by atoms with E-state index in [0.29, 0.717) is 6.04 Å². The number of hydrogen-bond donors (Lipinski definition) is 1. The van der Waals surface area contributed by atoms with Crippen molar-refractivity contribution in [2.75, 3.05) is 26.7 Å². The second-order valence-corrected chi connectivity index (χ2v) is 11.3. The summed E-state index contributed by atoms with van der Waals surface area (Å²) in [6.07, 6.45) is 7.56. The van der Waals surface area contributed by atoms with Crippen molar-refractivity contribution < 1.29 is 9.59 Å². The molecule has 0 aromatic carbocycles. The molecule has 33 heavy (non-hydrogen) atoms. The number of carbonyl (C=O) groups is 2. The maximum atomic E-state index is 13.6. The molecule has 3 unspecified atom stereocenters. The number of likely N-dealkylation sites (N-methyl/N-ethyl adjacent to an activating group) is 1. The molecule has 1 N–H and O–H groups in total. The third-order valence-electron chi connectivity index (χ3n) is 7.30. The van der Waals surface area contributed by atoms with Gasteiger partial charge in [-0.3, -0.25) is 14.5 Å². The Morgan fingerprint density at radius 2 is 1.64 bits per heavy atom. The molecule has 2 amide bonds. The van der Waals surface area contributed by atoms with Gasteiger partial charge in [-0.25, -0.2) is 0 Å². The van der Waals surface area contributed by atoms with Gasteiger partial charge in [0.1, 0.15) is 6.04 Å². The molecule has 3 atom stereocenters. The van der Waals surface area contributed by atoms with Crippen molar-refractivity contribution in [2.24, 2.45) is 5.41 Å². The number of carbonyl (C=O) groups excluding carboxylic acids is 2. The van der Waals surface area contributed by atoms with Crippen molar-refractivity contribution >= 4 is 11.8 Å². The summed E-state index contributed by atoms with van der Waals surface area (Å²) in [4.78, 5) is 33.3. The highest BCUT2D eigenvalue weighted by atomic mass is 16.2. The van der Waals surface area contributed by atoms with E-state index in [2.05, 4.69) is 48.5 Å². The van der Waals surface area contributed by atoms with E-state index in [9.17, 15) is 9.59 Å². The predicted octanol–water partition coefficient (Wildman–Crippen LogP) is 4.18. The van der Waals surface area contributed by atoms with Crippen molar-refractivity contribution in [3.05, 3.63) is 23.9 Å². The van der Waals surface area contributed by atoms with Crippen LogP contribution in [0.3, 0.4) is 0 Å². The molecule has 2 aliphatic rings. The Kier molecular flexibility index (Phi) is 9.59. The van der Waals surface area contributed by atoms with Gasteiger partial charge in [0, 0.05) is 37.9 Å². The van der Waals surface area contributed by atoms with E-state index in [-0.39, 0.29) is 23.9 Å². The van der Waals surface area contributed by atoms with Crippen molar-refractivity contribution in [3.8, 4) is 0 Å². The van der Waals surface area contributed by atoms with Gasteiger partial charge in [-0.2, -0.15) is 0 Å². The maximum absolute atomic E-state index is 13.6. The van der Waals surface area contributed by atoms with E-state index < -0.39 is 11.5 Å². The Bertz CT molecular complexity index is 731. The van der Waals surface area contributed by atoms with Gasteiger partial charge in [-0.05, 0) is 70.9 Å². The van der Waals surface area contributed by atoms with Gasteiger partial charge in [-0.1, -0.05) is 39.8 Å². The lowest BCUT2D eigenvalue weighted by atomic mass is 9.85. The van der Waals surface area contributed by atoms with Gasteiger partial charge in [0.25, 0.3) is 0 Å². The highest BCUT2D eigenvalue weighted by Gasteiger charge is 2.39. The predicted molar refractivity (Wildman–Crippen MR) is 137 cm³/mol. The number of amides is 2. The van der Waals surface area contributed by atoms with Gasteiger partial charge in [0.15, 0.2) is 0 Å². The average molecular weight is 461 g/mol. The lowest BCUT2D eigenvalue weighted by Gasteiger charge is -2.40. The van der Waals surface area contributed by atoms with Crippen molar-refractivity contribution in [3.63, 3.8) is 0 Å². The van der Waals surface area contributed by atoms with E-state index in [1.54, 1.807) is 4.90 Å². The molecule has 6 heteroatoms. The molecule has 2 rings (SSSR count). The molecule has 188 valence electrons. The number of likely N-dealkylation sites (tertiary alicyclic amines) is 2. The van der Waals surface area contributed by atoms with Gasteiger partial charge in [0.05, 0.1) is 6.04 Å². The van der Waals surface area contributed by atoms with Gasteiger partial charge in [0.2, 0.25) is 11.8 Å². The Balaban J connectivity index is 2.13. The molecule has 2 heterocycles. The minimum atomic E-state index is -0.580. The highest BCUT2D eigenvalue weighted by Crippen LogP contribution is 2.25. The van der Waals surface area contributed by atoms with Crippen LogP contribution in [0.5, 0.6) is 0 Å². The third-order valence-corrected chi connectivity index (χ3v) is 7.30. The Labute approximate surface area is 202 Å². The third kappa shape index (κ3) is 7.08. The topological polar surface area (TPSA) is 55.9 Å². The zero-order valence-corrected chi connectivity index (χ0v) is 22.4. The van der Waals surface area contributed by atoms with Gasteiger partial charge >= 0.3 is 0 Å². The van der Waals surface area contributed by atoms with Crippen LogP contribution >= 0.6 is 0 Å². The molecule has 2 saturated heterocycles. The molecule has 2 fully saturated rings. The van der Waals surface area contributed by atoms with E-state index >= 15 is 0 Å². The second kappa shape index (κ2) is 11.5. The number of rotatable bonds is 8. The molecule has 0 radical (unpaired) electrons. The first-order chi connectivity index (χ1) is 15.3. The molecule has 0 saturated carbocycles. The largest absolute Gasteiger partial charge is 0.372 e. The number of allylic oxidation sites excluding steroid dienone is 1. The van der Waals surface area contributed by atoms with Crippen LogP contribution in [0.15, 0.2) is 23.9 Å². The number of nitrogens with zero attached hydrogens (tertiary/aromatic N) is 3. The molecule has 2 aliphatic heterocycles. The minimum absolute atomic E-state index is 0.0214. The first-order valence-corrected chi connectivity index (χ1v) is 12.8. The van der Waals surface area contributed by atoms with Crippen molar-refractivity contribution in [1.82, 2.24) is 20.0 Å². The standard InChI is InChI=1S/C27H48N4O2/c1-19(2)31-17-11-10-14-23(31)25(32)28-24(27(6,7)8)26(33)29(9)21(4)18-20(3)22(5)30-15-12-13-16-30/h18-19,21,23-24H,5,10-17H2,1-4,6-9H3,(H,28,32)/b20-18+. The quantitative estimate of drug-likeness (QED) is 0.552. The molecule has 0 aliphatic carbocycles. The molecule has 0 bridgehead atoms. The Morgan fingerprint density at radius 1 is 1.06 bits per heavy atom. The summed E-state index contributed by atoms with van der Waals surface area (Å²) in [5.74, 6) is -0.0713. The second-order valence-electron chi connectivity index (χ2n) is 11.3. The summed E-state index contributed by atoms with van der Waals surface area (Å²) in [6.45, 7) is 21.8. The zero-order chi connectivity index (χ0) is 24.9. The molecule has 0 spiro atoms. The Morgan fingerprint density at radius 3 is 2.18 bits per heavy atom. The Hall–Kier alpha value is -1.82. The molecule has 0 aromatic heterocycles. The molecule has 0 aromatic rings. The van der Waals surface area contributed by atoms with Crippen molar-refractivity contribution in [2.45, 2.75) is 105 Å². The highest BCUT2D eigenvalue weighted by molar-refractivity contribution is 5.90. The van der Waals surface area contributed by atoms with Crippen LogP contribution in [0.1, 0.15) is 80.6 Å². The number of nitrogens with one attached hydrogen (secondary N) is 1. The first kappa shape index (κ1) is 27.4. The molecule has 6 nitrogen and oxygen atoms in total. The first-order valence-electron chi connectivity index (χ1n) is 12.8. The monoisotopic (exact) mass is 460 g/mol. The normalized spacial score (nSPS) is 22.3. The SMILES string of the molecule is C=C(/C(C)=C/C(C)N(C)C(=O)C(NC(=O)C1CCCCN1C(C)C)C(C)(C)C)N1CCCC1. The van der Waals surface area contributed by atoms with Crippen LogP contribution < -0.4 is 5.32 Å². The van der Waals surface area contributed by atoms with E-state index in [0.717, 1.165) is 50.2 Å². The van der Waals surface area contributed by atoms with Crippen LogP contribution in [-0.2, 0) is 9.59 Å². The fraction of sp³-hybridized carbons (Fsp3) is 0.778. The van der Waals surface area contributed by atoms with Crippen LogP contribution in [0.25, 0.3) is 0 Å². The number of piperidine rings is 1. The minimum Gasteiger partial charge on any atom is -0.372 e. The van der Waals surface area contributed by atoms with E-state index in [4.69, 9.17) is 0 Å². The molecular weight excluding hydrogens is 412 g/mol. The number of hydrogen-bond acceptors (Lipinski definition) is 4. The lowest BCUT2D eigenvalue weighted by Crippen LogP contribution is -2.60. The van der Waals surface area contributed by atoms with Crippen LogP contribution in [0.4, 0.5) is 0 Å². The van der Waals surface area contributed by atoms with Crippen molar-refractivity contribution in [1.29, 1.82) is 0 Å². The van der Waals surface area contributed by atoms with Gasteiger partial charge < -0.3 is 15.1 Å². The van der Waals surface area contributed by atoms with Crippen LogP contribution in [0.2, 0.25) is 0 Å². The summed E-state index contributed by atoms with van der Waals surface area (Å²) in [7, 11) is 1.83. The lowest BCUT2D eigenvalue weighted by molar-refractivity contribution is -0.141. The summed E-state index contributed by atoms with van der Waals surface area (Å²) >= 11 is 0. The smallest absolute Gasteiger partial charge is 0.245 e. The zero-order valence-electron chi connectivity index (χ0n) is 22.4.